The molecule has 1 heterocycles. The first-order valence-electron chi connectivity index (χ1n) is 4.59. The summed E-state index contributed by atoms with van der Waals surface area (Å²) in [5.74, 6) is 0.865. The number of hydrogen-bond donors (Lipinski definition) is 1. The van der Waals surface area contributed by atoms with E-state index in [4.69, 9.17) is 5.73 Å². The maximum atomic E-state index is 5.74. The minimum atomic E-state index is 0.322. The lowest BCUT2D eigenvalue weighted by Gasteiger charge is -2.22. The maximum Gasteiger partial charge on any atom is 0.0139 e. The maximum absolute atomic E-state index is 5.74. The van der Waals surface area contributed by atoms with E-state index in [0.717, 1.165) is 18.5 Å². The molecule has 0 aliphatic carbocycles. The van der Waals surface area contributed by atoms with Crippen molar-refractivity contribution in [2.24, 2.45) is 11.7 Å². The zero-order chi connectivity index (χ0) is 8.43. The van der Waals surface area contributed by atoms with Crippen molar-refractivity contribution < 1.29 is 0 Å². The minimum Gasteiger partial charge on any atom is -0.327 e. The molecule has 0 saturated carbocycles. The molecule has 0 amide bonds. The Morgan fingerprint density at radius 1 is 1.55 bits per heavy atom. The summed E-state index contributed by atoms with van der Waals surface area (Å²) in [5.41, 5.74) is 5.74. The molecule has 1 aliphatic heterocycles. The summed E-state index contributed by atoms with van der Waals surface area (Å²) in [6.07, 6.45) is 1.34. The lowest BCUT2D eigenvalue weighted by molar-refractivity contribution is 0.253. The van der Waals surface area contributed by atoms with Gasteiger partial charge in [-0.1, -0.05) is 6.92 Å². The molecule has 0 aromatic carbocycles. The predicted molar refractivity (Wildman–Crippen MR) is 48.5 cm³/mol. The Morgan fingerprint density at radius 2 is 2.18 bits per heavy atom. The van der Waals surface area contributed by atoms with E-state index in [0.29, 0.717) is 6.04 Å². The Balaban J connectivity index is 2.34. The Kier molecular flexibility index (Phi) is 2.90. The predicted octanol–water partition coefficient (Wildman–Crippen LogP) is 1.06. The molecule has 1 fully saturated rings. The van der Waals surface area contributed by atoms with Gasteiger partial charge in [-0.2, -0.15) is 0 Å². The Morgan fingerprint density at radius 3 is 2.55 bits per heavy atom. The summed E-state index contributed by atoms with van der Waals surface area (Å²) in [5, 5.41) is 0. The monoisotopic (exact) mass is 156 g/mol. The zero-order valence-corrected chi connectivity index (χ0v) is 7.88. The van der Waals surface area contributed by atoms with E-state index in [1.807, 2.05) is 0 Å². The number of rotatable bonds is 2. The molecule has 0 aromatic rings. The molecule has 1 rings (SSSR count). The van der Waals surface area contributed by atoms with Gasteiger partial charge in [0.15, 0.2) is 0 Å². The van der Waals surface area contributed by atoms with Crippen LogP contribution in [-0.4, -0.2) is 30.1 Å². The van der Waals surface area contributed by atoms with E-state index in [1.54, 1.807) is 0 Å². The fraction of sp³-hybridized carbons (Fsp3) is 1.00. The molecule has 0 aromatic heterocycles. The van der Waals surface area contributed by atoms with Crippen LogP contribution in [0.5, 0.6) is 0 Å². The fourth-order valence-electron chi connectivity index (χ4n) is 2.01. The average molecular weight is 156 g/mol. The van der Waals surface area contributed by atoms with Crippen LogP contribution < -0.4 is 5.73 Å². The summed E-state index contributed by atoms with van der Waals surface area (Å²) in [4.78, 5) is 2.50. The first kappa shape index (κ1) is 9.01. The molecule has 0 bridgehead atoms. The summed E-state index contributed by atoms with van der Waals surface area (Å²) < 4.78 is 0. The molecule has 1 saturated heterocycles. The second-order valence-corrected chi connectivity index (χ2v) is 4.12. The molecule has 3 atom stereocenters. The van der Waals surface area contributed by atoms with Crippen LogP contribution in [0.2, 0.25) is 0 Å². The van der Waals surface area contributed by atoms with Crippen LogP contribution in [0, 0.1) is 5.92 Å². The highest BCUT2D eigenvalue weighted by Crippen LogP contribution is 2.21. The van der Waals surface area contributed by atoms with E-state index >= 15 is 0 Å². The van der Waals surface area contributed by atoms with Crippen LogP contribution >= 0.6 is 0 Å². The molecule has 2 N–H and O–H groups in total. The van der Waals surface area contributed by atoms with Crippen molar-refractivity contribution in [3.05, 3.63) is 0 Å². The van der Waals surface area contributed by atoms with Gasteiger partial charge in [0.25, 0.3) is 0 Å². The van der Waals surface area contributed by atoms with Crippen LogP contribution in [0.3, 0.4) is 0 Å². The van der Waals surface area contributed by atoms with Crippen LogP contribution in [0.15, 0.2) is 0 Å². The SMILES string of the molecule is CC(N)CN1CC(C)CC1C. The quantitative estimate of drug-likeness (QED) is 0.648. The lowest BCUT2D eigenvalue weighted by Crippen LogP contribution is -2.37. The smallest absolute Gasteiger partial charge is 0.0139 e. The van der Waals surface area contributed by atoms with Gasteiger partial charge in [0.1, 0.15) is 0 Å². The van der Waals surface area contributed by atoms with Crippen molar-refractivity contribution in [2.75, 3.05) is 13.1 Å². The third kappa shape index (κ3) is 2.46. The molecule has 1 aliphatic rings. The number of likely N-dealkylation sites (tertiary alicyclic amines) is 1. The van der Waals surface area contributed by atoms with Crippen LogP contribution in [0.1, 0.15) is 27.2 Å². The summed E-state index contributed by atoms with van der Waals surface area (Å²) in [6, 6.07) is 1.07. The van der Waals surface area contributed by atoms with E-state index in [9.17, 15) is 0 Å². The van der Waals surface area contributed by atoms with Crippen molar-refractivity contribution in [1.82, 2.24) is 4.90 Å². The molecular formula is C9H20N2. The topological polar surface area (TPSA) is 29.3 Å². The standard InChI is InChI=1S/C9H20N2/c1-7-4-9(3)11(5-7)6-8(2)10/h7-9H,4-6,10H2,1-3H3. The molecule has 0 radical (unpaired) electrons. The van der Waals surface area contributed by atoms with Crippen molar-refractivity contribution in [3.63, 3.8) is 0 Å². The van der Waals surface area contributed by atoms with Crippen LogP contribution in [0.4, 0.5) is 0 Å². The molecule has 0 spiro atoms. The van der Waals surface area contributed by atoms with E-state index in [-0.39, 0.29) is 0 Å². The second kappa shape index (κ2) is 3.55. The van der Waals surface area contributed by atoms with E-state index in [1.165, 1.54) is 13.0 Å². The minimum absolute atomic E-state index is 0.322. The van der Waals surface area contributed by atoms with Gasteiger partial charge in [-0.25, -0.2) is 0 Å². The van der Waals surface area contributed by atoms with Gasteiger partial charge >= 0.3 is 0 Å². The largest absolute Gasteiger partial charge is 0.327 e. The van der Waals surface area contributed by atoms with Crippen molar-refractivity contribution in [3.8, 4) is 0 Å². The third-order valence-electron chi connectivity index (χ3n) is 2.44. The highest BCUT2D eigenvalue weighted by atomic mass is 15.2. The zero-order valence-electron chi connectivity index (χ0n) is 7.88. The average Bonchev–Trinajstić information content (AvgIpc) is 2.09. The highest BCUT2D eigenvalue weighted by molar-refractivity contribution is 4.81. The van der Waals surface area contributed by atoms with Gasteiger partial charge in [0.2, 0.25) is 0 Å². The first-order chi connectivity index (χ1) is 5.09. The van der Waals surface area contributed by atoms with Crippen LogP contribution in [0.25, 0.3) is 0 Å². The van der Waals surface area contributed by atoms with Crippen molar-refractivity contribution in [1.29, 1.82) is 0 Å². The normalized spacial score (nSPS) is 36.0. The second-order valence-electron chi connectivity index (χ2n) is 4.12. The van der Waals surface area contributed by atoms with Gasteiger partial charge < -0.3 is 5.73 Å². The third-order valence-corrected chi connectivity index (χ3v) is 2.44. The van der Waals surface area contributed by atoms with Crippen LogP contribution in [-0.2, 0) is 0 Å². The van der Waals surface area contributed by atoms with E-state index in [2.05, 4.69) is 25.7 Å². The molecule has 2 nitrogen and oxygen atoms in total. The van der Waals surface area contributed by atoms with E-state index < -0.39 is 0 Å². The van der Waals surface area contributed by atoms with Gasteiger partial charge in [-0.05, 0) is 26.2 Å². The molecule has 11 heavy (non-hydrogen) atoms. The van der Waals surface area contributed by atoms with Crippen molar-refractivity contribution in [2.45, 2.75) is 39.3 Å². The van der Waals surface area contributed by atoms with Crippen molar-refractivity contribution >= 4 is 0 Å². The molecular weight excluding hydrogens is 136 g/mol. The molecule has 2 heteroatoms. The fourth-order valence-corrected chi connectivity index (χ4v) is 2.01. The van der Waals surface area contributed by atoms with Gasteiger partial charge in [0.05, 0.1) is 0 Å². The number of hydrogen-bond acceptors (Lipinski definition) is 2. The summed E-state index contributed by atoms with van der Waals surface area (Å²) >= 11 is 0. The van der Waals surface area contributed by atoms with Gasteiger partial charge in [-0.3, -0.25) is 4.90 Å². The lowest BCUT2D eigenvalue weighted by atomic mass is 10.1. The molecule has 3 unspecified atom stereocenters. The van der Waals surface area contributed by atoms with Gasteiger partial charge in [0, 0.05) is 25.2 Å². The summed E-state index contributed by atoms with van der Waals surface area (Å²) in [6.45, 7) is 8.99. The number of nitrogens with two attached hydrogens (primary N) is 1. The van der Waals surface area contributed by atoms with Gasteiger partial charge in [-0.15, -0.1) is 0 Å². The summed E-state index contributed by atoms with van der Waals surface area (Å²) in [7, 11) is 0. The molecule has 66 valence electrons. The first-order valence-corrected chi connectivity index (χ1v) is 4.59. The Bertz CT molecular complexity index is 123. The highest BCUT2D eigenvalue weighted by Gasteiger charge is 2.25. The Hall–Kier alpha value is -0.0800. The Labute approximate surface area is 69.8 Å². The number of nitrogens with zero attached hydrogens (tertiary/aromatic N) is 1.